The number of benzene rings is 1. The molecule has 4 aromatic rings. The Labute approximate surface area is 282 Å². The normalized spacial score (nSPS) is 21.6. The van der Waals surface area contributed by atoms with Crippen molar-refractivity contribution in [3.8, 4) is 11.4 Å². The molecule has 0 unspecified atom stereocenters. The number of aromatic nitrogens is 5. The smallest absolute Gasteiger partial charge is 0.320 e. The van der Waals surface area contributed by atoms with Gasteiger partial charge in [-0.15, -0.1) is 10.2 Å². The Morgan fingerprint density at radius 1 is 1.08 bits per heavy atom. The number of aliphatic hydroxyl groups excluding tert-OH is 1. The second-order valence-electron chi connectivity index (χ2n) is 13.9. The predicted molar refractivity (Wildman–Crippen MR) is 189 cm³/mol. The largest absolute Gasteiger partial charge is 0.489 e. The van der Waals surface area contributed by atoms with E-state index >= 15 is 0 Å². The lowest BCUT2D eigenvalue weighted by Crippen LogP contribution is -2.40. The lowest BCUT2D eigenvalue weighted by Gasteiger charge is -2.24. The molecule has 11 nitrogen and oxygen atoms in total. The number of rotatable bonds is 7. The highest BCUT2D eigenvalue weighted by atomic mass is 16.5. The van der Waals surface area contributed by atoms with Crippen molar-refractivity contribution in [1.82, 2.24) is 29.7 Å². The number of ether oxygens (including phenoxy) is 1. The Kier molecular flexibility index (Phi) is 9.68. The minimum Gasteiger partial charge on any atom is -0.489 e. The van der Waals surface area contributed by atoms with E-state index in [1.165, 1.54) is 0 Å². The number of allylic oxidation sites excluding steroid dienone is 2. The molecule has 3 aromatic heterocycles. The zero-order valence-electron chi connectivity index (χ0n) is 28.3. The van der Waals surface area contributed by atoms with Crippen LogP contribution in [0.1, 0.15) is 57.7 Å². The molecule has 252 valence electrons. The Balaban J connectivity index is 1.15. The van der Waals surface area contributed by atoms with Crippen LogP contribution in [0, 0.1) is 12.8 Å². The Morgan fingerprint density at radius 2 is 1.90 bits per heavy atom. The summed E-state index contributed by atoms with van der Waals surface area (Å²) in [6, 6.07) is 13.2. The Bertz CT molecular complexity index is 1810. The molecule has 1 fully saturated rings. The summed E-state index contributed by atoms with van der Waals surface area (Å²) >= 11 is 0. The second kappa shape index (κ2) is 14.1. The van der Waals surface area contributed by atoms with Gasteiger partial charge in [-0.25, -0.2) is 9.48 Å². The third-order valence-corrected chi connectivity index (χ3v) is 8.97. The predicted octanol–water partition coefficient (Wildman–Crippen LogP) is 6.13. The molecule has 1 aromatic carbocycles. The molecule has 3 N–H and O–H groups in total. The number of anilines is 2. The molecule has 0 spiro atoms. The van der Waals surface area contributed by atoms with E-state index in [1.54, 1.807) is 4.68 Å². The maximum absolute atomic E-state index is 13.5. The molecule has 3 atom stereocenters. The van der Waals surface area contributed by atoms with Crippen molar-refractivity contribution in [3.63, 3.8) is 0 Å². The van der Waals surface area contributed by atoms with Crippen LogP contribution in [0.5, 0.6) is 5.75 Å². The van der Waals surface area contributed by atoms with E-state index in [2.05, 4.69) is 59.2 Å². The van der Waals surface area contributed by atoms with Gasteiger partial charge in [0.05, 0.1) is 23.6 Å². The zero-order chi connectivity index (χ0) is 33.8. The topological polar surface area (TPSA) is 122 Å². The fourth-order valence-electron chi connectivity index (χ4n) is 6.06. The quantitative estimate of drug-likeness (QED) is 0.220. The molecular weight excluding hydrogens is 604 g/mol. The van der Waals surface area contributed by atoms with E-state index < -0.39 is 0 Å². The lowest BCUT2D eigenvalue weighted by molar-refractivity contribution is 0.186. The summed E-state index contributed by atoms with van der Waals surface area (Å²) < 4.78 is 10.3. The molecule has 0 bridgehead atoms. The lowest BCUT2D eigenvalue weighted by atomic mass is 9.92. The molecule has 2 amide bonds. The maximum Gasteiger partial charge on any atom is 0.320 e. The van der Waals surface area contributed by atoms with Crippen LogP contribution in [-0.2, 0) is 5.41 Å². The first-order valence-corrected chi connectivity index (χ1v) is 16.7. The summed E-state index contributed by atoms with van der Waals surface area (Å²) in [5.74, 6) is 2.31. The van der Waals surface area contributed by atoms with Crippen LogP contribution < -0.4 is 20.3 Å². The number of aryl methyl sites for hydroxylation is 1. The van der Waals surface area contributed by atoms with Crippen LogP contribution in [0.2, 0.25) is 0 Å². The van der Waals surface area contributed by atoms with Crippen molar-refractivity contribution >= 4 is 23.4 Å². The van der Waals surface area contributed by atoms with Crippen molar-refractivity contribution < 1.29 is 14.6 Å². The average Bonchev–Trinajstić information content (AvgIpc) is 3.81. The van der Waals surface area contributed by atoms with E-state index in [4.69, 9.17) is 9.84 Å². The molecule has 1 aliphatic heterocycles. The summed E-state index contributed by atoms with van der Waals surface area (Å²) in [5, 5.41) is 29.4. The highest BCUT2D eigenvalue weighted by molar-refractivity contribution is 5.89. The van der Waals surface area contributed by atoms with E-state index in [0.717, 1.165) is 53.6 Å². The van der Waals surface area contributed by atoms with Gasteiger partial charge in [-0.1, -0.05) is 69.4 Å². The van der Waals surface area contributed by atoms with Crippen LogP contribution in [0.25, 0.3) is 11.3 Å². The standard InChI is InChI=1S/C37H46N8O3/c1-25-11-13-28(14-12-25)45-34(21-32(42-45)37(3,4)5)39-35(47)38-31-17-15-29(10-8-6-7-9-26(31)2)48-30-16-18-33-40-41-36(44(33)23-30)43-20-19-27(22-43)24-46/h6-9,11-14,16,18,21,23,27,29,31,46H,2,10,15,17,19-20,22,24H2,1,3-5H3,(H2,38,39,47)/b8-6-,9-7-/t27-,29-,31-/m0/s1. The monoisotopic (exact) mass is 650 g/mol. The first-order valence-electron chi connectivity index (χ1n) is 16.7. The molecule has 0 saturated carbocycles. The third kappa shape index (κ3) is 7.62. The number of amides is 2. The summed E-state index contributed by atoms with van der Waals surface area (Å²) in [4.78, 5) is 15.7. The number of hydrogen-bond donors (Lipinski definition) is 3. The number of urea groups is 1. The van der Waals surface area contributed by atoms with Crippen molar-refractivity contribution in [2.45, 2.75) is 70.9 Å². The molecule has 0 radical (unpaired) electrons. The SMILES string of the molecule is C=C1/C=C\C=C/C[C@H](Oc2ccc3nnc(N4CC[C@H](CO)C4)n3c2)CC[C@@H]1NC(=O)Nc1cc(C(C)(C)C)nn1-c1ccc(C)cc1. The third-order valence-electron chi connectivity index (χ3n) is 8.97. The van der Waals surface area contributed by atoms with Gasteiger partial charge < -0.3 is 20.1 Å². The molecule has 4 heterocycles. The van der Waals surface area contributed by atoms with Crippen LogP contribution >= 0.6 is 0 Å². The number of aliphatic hydroxyl groups is 1. The van der Waals surface area contributed by atoms with Gasteiger partial charge in [-0.2, -0.15) is 5.10 Å². The molecule has 1 aliphatic carbocycles. The van der Waals surface area contributed by atoms with E-state index in [1.807, 2.05) is 78.2 Å². The van der Waals surface area contributed by atoms with Crippen molar-refractivity contribution in [2.75, 3.05) is 29.9 Å². The fraction of sp³-hybridized carbons (Fsp3) is 0.405. The van der Waals surface area contributed by atoms with Gasteiger partial charge in [0.25, 0.3) is 0 Å². The second-order valence-corrected chi connectivity index (χ2v) is 13.9. The zero-order valence-corrected chi connectivity index (χ0v) is 28.3. The minimum absolute atomic E-state index is 0.131. The van der Waals surface area contributed by atoms with Crippen molar-refractivity contribution in [3.05, 3.63) is 96.4 Å². The number of fused-ring (bicyclic) bond motifs is 1. The highest BCUT2D eigenvalue weighted by Gasteiger charge is 2.26. The first-order chi connectivity index (χ1) is 23.1. The van der Waals surface area contributed by atoms with Gasteiger partial charge in [0.15, 0.2) is 5.65 Å². The fourth-order valence-corrected chi connectivity index (χ4v) is 6.06. The van der Waals surface area contributed by atoms with Crippen molar-refractivity contribution in [2.24, 2.45) is 5.92 Å². The van der Waals surface area contributed by atoms with Gasteiger partial charge >= 0.3 is 6.03 Å². The average molecular weight is 651 g/mol. The first kappa shape index (κ1) is 33.0. The summed E-state index contributed by atoms with van der Waals surface area (Å²) in [7, 11) is 0. The van der Waals surface area contributed by atoms with Crippen LogP contribution in [-0.4, -0.2) is 67.4 Å². The minimum atomic E-state index is -0.329. The number of hydrogen-bond acceptors (Lipinski definition) is 7. The van der Waals surface area contributed by atoms with Gasteiger partial charge in [0.2, 0.25) is 5.95 Å². The molecule has 2 aliphatic rings. The molecule has 1 saturated heterocycles. The highest BCUT2D eigenvalue weighted by Crippen LogP contribution is 2.28. The summed E-state index contributed by atoms with van der Waals surface area (Å²) in [6.07, 6.45) is 12.7. The molecule has 11 heteroatoms. The molecule has 48 heavy (non-hydrogen) atoms. The van der Waals surface area contributed by atoms with E-state index in [0.29, 0.717) is 30.8 Å². The van der Waals surface area contributed by atoms with Crippen molar-refractivity contribution in [1.29, 1.82) is 0 Å². The molecule has 6 rings (SSSR count). The number of nitrogens with zero attached hydrogens (tertiary/aromatic N) is 6. The van der Waals surface area contributed by atoms with Gasteiger partial charge in [0.1, 0.15) is 17.7 Å². The van der Waals surface area contributed by atoms with Crippen LogP contribution in [0.4, 0.5) is 16.6 Å². The number of carbonyl (C=O) groups excluding carboxylic acids is 1. The number of pyridine rings is 1. The summed E-state index contributed by atoms with van der Waals surface area (Å²) in [5.41, 5.74) is 4.25. The number of carbonyl (C=O) groups is 1. The van der Waals surface area contributed by atoms with Crippen LogP contribution in [0.15, 0.2) is 85.1 Å². The van der Waals surface area contributed by atoms with Crippen LogP contribution in [0.3, 0.4) is 0 Å². The number of nitrogens with one attached hydrogen (secondary N) is 2. The Hall–Kier alpha value is -4.90. The van der Waals surface area contributed by atoms with E-state index in [-0.39, 0.29) is 36.1 Å². The summed E-state index contributed by atoms with van der Waals surface area (Å²) in [6.45, 7) is 14.4. The van der Waals surface area contributed by atoms with E-state index in [9.17, 15) is 9.90 Å². The molecular formula is C37H46N8O3. The van der Waals surface area contributed by atoms with Gasteiger partial charge in [-0.05, 0) is 56.0 Å². The van der Waals surface area contributed by atoms with Gasteiger partial charge in [0, 0.05) is 43.5 Å². The van der Waals surface area contributed by atoms with Gasteiger partial charge in [-0.3, -0.25) is 9.72 Å². The maximum atomic E-state index is 13.5. The Morgan fingerprint density at radius 3 is 2.65 bits per heavy atom.